The van der Waals surface area contributed by atoms with Crippen LogP contribution in [0.4, 0.5) is 0 Å². The highest BCUT2D eigenvalue weighted by atomic mass is 16.3. The number of hydrogen-bond donors (Lipinski definition) is 1. The smallest absolute Gasteiger partial charge is 0.222 e. The molecule has 14 heavy (non-hydrogen) atoms. The molecular weight excluding hydrogens is 178 g/mol. The molecule has 3 nitrogen and oxygen atoms in total. The summed E-state index contributed by atoms with van der Waals surface area (Å²) in [5, 5.41) is 2.92. The van der Waals surface area contributed by atoms with Crippen molar-refractivity contribution in [1.29, 1.82) is 0 Å². The predicted octanol–water partition coefficient (Wildman–Crippen LogP) is 1.98. The topological polar surface area (TPSA) is 42.2 Å². The lowest BCUT2D eigenvalue weighted by Gasteiger charge is -2.14. The van der Waals surface area contributed by atoms with E-state index >= 15 is 0 Å². The van der Waals surface area contributed by atoms with Gasteiger partial charge in [0.15, 0.2) is 0 Å². The van der Waals surface area contributed by atoms with E-state index in [4.69, 9.17) is 4.42 Å². The van der Waals surface area contributed by atoms with Gasteiger partial charge in [0.25, 0.3) is 0 Å². The normalized spacial score (nSPS) is 12.9. The SMILES string of the molecule is CC(C)C(=O)N[C@@H](C)Cc1ccco1. The van der Waals surface area contributed by atoms with E-state index < -0.39 is 0 Å². The lowest BCUT2D eigenvalue weighted by molar-refractivity contribution is -0.124. The summed E-state index contributed by atoms with van der Waals surface area (Å²) in [5.41, 5.74) is 0. The summed E-state index contributed by atoms with van der Waals surface area (Å²) in [6.45, 7) is 5.74. The van der Waals surface area contributed by atoms with Gasteiger partial charge in [-0.1, -0.05) is 13.8 Å². The number of rotatable bonds is 4. The Balaban J connectivity index is 2.36. The van der Waals surface area contributed by atoms with Crippen LogP contribution >= 0.6 is 0 Å². The Labute approximate surface area is 84.5 Å². The van der Waals surface area contributed by atoms with Crippen LogP contribution in [0.1, 0.15) is 26.5 Å². The van der Waals surface area contributed by atoms with Crippen LogP contribution in [0.15, 0.2) is 22.8 Å². The van der Waals surface area contributed by atoms with E-state index in [-0.39, 0.29) is 17.9 Å². The fraction of sp³-hybridized carbons (Fsp3) is 0.545. The van der Waals surface area contributed by atoms with Crippen LogP contribution in [0.5, 0.6) is 0 Å². The van der Waals surface area contributed by atoms with Crippen molar-refractivity contribution in [3.8, 4) is 0 Å². The number of nitrogens with one attached hydrogen (secondary N) is 1. The average molecular weight is 195 g/mol. The second-order valence-corrected chi connectivity index (χ2v) is 3.85. The summed E-state index contributed by atoms with van der Waals surface area (Å²) < 4.78 is 5.19. The third kappa shape index (κ3) is 3.24. The van der Waals surface area contributed by atoms with E-state index in [0.29, 0.717) is 0 Å². The molecule has 1 atom stereocenters. The minimum Gasteiger partial charge on any atom is -0.469 e. The second kappa shape index (κ2) is 4.84. The van der Waals surface area contributed by atoms with Crippen molar-refractivity contribution in [3.05, 3.63) is 24.2 Å². The Morgan fingerprint density at radius 1 is 1.50 bits per heavy atom. The van der Waals surface area contributed by atoms with Crippen LogP contribution in [0.2, 0.25) is 0 Å². The van der Waals surface area contributed by atoms with Gasteiger partial charge >= 0.3 is 0 Å². The molecule has 3 heteroatoms. The third-order valence-corrected chi connectivity index (χ3v) is 2.00. The van der Waals surface area contributed by atoms with Crippen molar-refractivity contribution in [1.82, 2.24) is 5.32 Å². The molecule has 0 saturated heterocycles. The molecule has 0 radical (unpaired) electrons. The number of carbonyl (C=O) groups excluding carboxylic acids is 1. The highest BCUT2D eigenvalue weighted by molar-refractivity contribution is 5.78. The Morgan fingerprint density at radius 3 is 2.71 bits per heavy atom. The van der Waals surface area contributed by atoms with E-state index in [1.54, 1.807) is 6.26 Å². The van der Waals surface area contributed by atoms with Crippen molar-refractivity contribution < 1.29 is 9.21 Å². The molecule has 0 fully saturated rings. The van der Waals surface area contributed by atoms with Gasteiger partial charge in [0.05, 0.1) is 6.26 Å². The first-order chi connectivity index (χ1) is 6.59. The van der Waals surface area contributed by atoms with Crippen molar-refractivity contribution in [2.45, 2.75) is 33.2 Å². The predicted molar refractivity (Wildman–Crippen MR) is 54.9 cm³/mol. The van der Waals surface area contributed by atoms with Crippen LogP contribution in [-0.2, 0) is 11.2 Å². The van der Waals surface area contributed by atoms with E-state index in [2.05, 4.69) is 5.32 Å². The standard InChI is InChI=1S/C11H17NO2/c1-8(2)11(13)12-9(3)7-10-5-4-6-14-10/h4-6,8-9H,7H2,1-3H3,(H,12,13)/t9-/m0/s1. The molecular formula is C11H17NO2. The van der Waals surface area contributed by atoms with E-state index in [1.165, 1.54) is 0 Å². The summed E-state index contributed by atoms with van der Waals surface area (Å²) in [4.78, 5) is 11.3. The van der Waals surface area contributed by atoms with Gasteiger partial charge in [0.1, 0.15) is 5.76 Å². The summed E-state index contributed by atoms with van der Waals surface area (Å²) in [5.74, 6) is 1.03. The summed E-state index contributed by atoms with van der Waals surface area (Å²) >= 11 is 0. The first-order valence-electron chi connectivity index (χ1n) is 4.92. The Bertz CT molecular complexity index is 277. The van der Waals surface area contributed by atoms with Gasteiger partial charge < -0.3 is 9.73 Å². The van der Waals surface area contributed by atoms with Crippen molar-refractivity contribution in [3.63, 3.8) is 0 Å². The lowest BCUT2D eigenvalue weighted by atomic mass is 10.1. The maximum atomic E-state index is 11.3. The maximum absolute atomic E-state index is 11.3. The fourth-order valence-corrected chi connectivity index (χ4v) is 1.19. The van der Waals surface area contributed by atoms with Crippen LogP contribution < -0.4 is 5.32 Å². The van der Waals surface area contributed by atoms with Crippen molar-refractivity contribution in [2.24, 2.45) is 5.92 Å². The zero-order chi connectivity index (χ0) is 10.6. The van der Waals surface area contributed by atoms with E-state index in [1.807, 2.05) is 32.9 Å². The molecule has 1 amide bonds. The van der Waals surface area contributed by atoms with Crippen molar-refractivity contribution in [2.75, 3.05) is 0 Å². The van der Waals surface area contributed by atoms with Gasteiger partial charge in [-0.3, -0.25) is 4.79 Å². The Hall–Kier alpha value is -1.25. The zero-order valence-electron chi connectivity index (χ0n) is 8.91. The molecule has 0 aliphatic heterocycles. The first kappa shape index (κ1) is 10.8. The van der Waals surface area contributed by atoms with Crippen molar-refractivity contribution >= 4 is 5.91 Å². The number of amides is 1. The minimum absolute atomic E-state index is 0.0362. The first-order valence-corrected chi connectivity index (χ1v) is 4.92. The van der Waals surface area contributed by atoms with Crippen LogP contribution in [0.3, 0.4) is 0 Å². The molecule has 0 bridgehead atoms. The molecule has 1 aromatic heterocycles. The van der Waals surface area contributed by atoms with Gasteiger partial charge in [0, 0.05) is 18.4 Å². The molecule has 0 unspecified atom stereocenters. The molecule has 78 valence electrons. The van der Waals surface area contributed by atoms with Crippen LogP contribution in [0, 0.1) is 5.92 Å². The summed E-state index contributed by atoms with van der Waals surface area (Å²) in [6, 6.07) is 3.89. The van der Waals surface area contributed by atoms with Gasteiger partial charge in [-0.2, -0.15) is 0 Å². The Kier molecular flexibility index (Phi) is 3.74. The molecule has 0 aliphatic rings. The van der Waals surface area contributed by atoms with Crippen LogP contribution in [-0.4, -0.2) is 11.9 Å². The monoisotopic (exact) mass is 195 g/mol. The van der Waals surface area contributed by atoms with E-state index in [9.17, 15) is 4.79 Å². The zero-order valence-corrected chi connectivity index (χ0v) is 8.91. The van der Waals surface area contributed by atoms with Gasteiger partial charge in [-0.05, 0) is 19.1 Å². The van der Waals surface area contributed by atoms with Gasteiger partial charge in [0.2, 0.25) is 5.91 Å². The molecule has 1 rings (SSSR count). The Morgan fingerprint density at radius 2 is 2.21 bits per heavy atom. The molecule has 0 aliphatic carbocycles. The molecule has 1 N–H and O–H groups in total. The quantitative estimate of drug-likeness (QED) is 0.798. The number of furan rings is 1. The largest absolute Gasteiger partial charge is 0.469 e. The molecule has 0 aromatic carbocycles. The molecule has 0 saturated carbocycles. The summed E-state index contributed by atoms with van der Waals surface area (Å²) in [7, 11) is 0. The second-order valence-electron chi connectivity index (χ2n) is 3.85. The number of hydrogen-bond acceptors (Lipinski definition) is 2. The highest BCUT2D eigenvalue weighted by Gasteiger charge is 2.11. The lowest BCUT2D eigenvalue weighted by Crippen LogP contribution is -2.36. The van der Waals surface area contributed by atoms with Gasteiger partial charge in [-0.15, -0.1) is 0 Å². The molecule has 1 aromatic rings. The molecule has 0 spiro atoms. The molecule has 1 heterocycles. The third-order valence-electron chi connectivity index (χ3n) is 2.00. The highest BCUT2D eigenvalue weighted by Crippen LogP contribution is 2.04. The van der Waals surface area contributed by atoms with Gasteiger partial charge in [-0.25, -0.2) is 0 Å². The number of carbonyl (C=O) groups is 1. The maximum Gasteiger partial charge on any atom is 0.222 e. The fourth-order valence-electron chi connectivity index (χ4n) is 1.19. The average Bonchev–Trinajstić information content (AvgIpc) is 2.56. The minimum atomic E-state index is 0.0362. The van der Waals surface area contributed by atoms with E-state index in [0.717, 1.165) is 12.2 Å². The van der Waals surface area contributed by atoms with Crippen LogP contribution in [0.25, 0.3) is 0 Å². The summed E-state index contributed by atoms with van der Waals surface area (Å²) in [6.07, 6.45) is 2.39.